The highest BCUT2D eigenvalue weighted by molar-refractivity contribution is 7.99. The van der Waals surface area contributed by atoms with Crippen molar-refractivity contribution in [2.24, 2.45) is 0 Å². The first kappa shape index (κ1) is 23.8. The second-order valence-corrected chi connectivity index (χ2v) is 9.12. The maximum atomic E-state index is 12.5. The molecule has 0 bridgehead atoms. The smallest absolute Gasteiger partial charge is 0.236 e. The number of ether oxygens (including phenoxy) is 2. The van der Waals surface area contributed by atoms with Crippen LogP contribution in [0.5, 0.6) is 11.5 Å². The first-order valence-electron chi connectivity index (χ1n) is 10.7. The normalized spacial score (nSPS) is 10.8. The van der Waals surface area contributed by atoms with E-state index < -0.39 is 0 Å². The third-order valence-electron chi connectivity index (χ3n) is 4.97. The summed E-state index contributed by atoms with van der Waals surface area (Å²) in [7, 11) is 1.60. The van der Waals surface area contributed by atoms with Gasteiger partial charge in [0, 0.05) is 17.5 Å². The summed E-state index contributed by atoms with van der Waals surface area (Å²) in [6.45, 7) is 4.95. The number of methoxy groups -OCH3 is 1. The van der Waals surface area contributed by atoms with Crippen LogP contribution in [0.2, 0.25) is 0 Å². The lowest BCUT2D eigenvalue weighted by molar-refractivity contribution is -0.113. The van der Waals surface area contributed by atoms with Crippen LogP contribution in [0, 0.1) is 6.92 Å². The molecule has 0 aliphatic carbocycles. The number of amides is 1. The Hall–Kier alpha value is -3.37. The number of nitrogens with one attached hydrogen (secondary N) is 1. The molecule has 2 aromatic heterocycles. The van der Waals surface area contributed by atoms with Crippen LogP contribution in [0.25, 0.3) is 11.3 Å². The number of hydrogen-bond acceptors (Lipinski definition) is 8. The number of benzene rings is 2. The number of aryl methyl sites for hydroxylation is 1. The third kappa shape index (κ3) is 5.75. The Bertz CT molecular complexity index is 1250. The number of rotatable bonds is 10. The molecule has 1 N–H and O–H groups in total. The topological polar surface area (TPSA) is 91.2 Å². The summed E-state index contributed by atoms with van der Waals surface area (Å²) in [5, 5.41) is 14.5. The van der Waals surface area contributed by atoms with Gasteiger partial charge in [0.05, 0.1) is 18.6 Å². The van der Waals surface area contributed by atoms with Crippen molar-refractivity contribution in [2.75, 3.05) is 18.2 Å². The van der Waals surface area contributed by atoms with Crippen LogP contribution in [-0.4, -0.2) is 38.5 Å². The van der Waals surface area contributed by atoms with Crippen LogP contribution in [-0.2, 0) is 17.9 Å². The molecule has 1 amide bonds. The molecule has 10 heteroatoms. The molecule has 2 aromatic carbocycles. The Balaban J connectivity index is 1.33. The highest BCUT2D eigenvalue weighted by Crippen LogP contribution is 2.28. The molecule has 8 nitrogen and oxygen atoms in total. The summed E-state index contributed by atoms with van der Waals surface area (Å²) in [6, 6.07) is 15.6. The maximum absolute atomic E-state index is 12.5. The first-order chi connectivity index (χ1) is 16.6. The van der Waals surface area contributed by atoms with Crippen LogP contribution < -0.4 is 14.8 Å². The SMILES string of the molecule is CCn1c(COc2ccccc2OC)nnc1SCC(=O)Nc1nc(-c2ccc(C)cc2)cs1. The van der Waals surface area contributed by atoms with Crippen LogP contribution in [0.1, 0.15) is 18.3 Å². The predicted octanol–water partition coefficient (Wildman–Crippen LogP) is 5.05. The van der Waals surface area contributed by atoms with Gasteiger partial charge < -0.3 is 19.4 Å². The molecule has 0 radical (unpaired) electrons. The van der Waals surface area contributed by atoms with Crippen molar-refractivity contribution in [3.8, 4) is 22.8 Å². The molecular weight excluding hydrogens is 470 g/mol. The zero-order chi connectivity index (χ0) is 23.9. The Morgan fingerprint density at radius 2 is 1.88 bits per heavy atom. The van der Waals surface area contributed by atoms with Gasteiger partial charge in [-0.15, -0.1) is 21.5 Å². The molecule has 0 spiro atoms. The summed E-state index contributed by atoms with van der Waals surface area (Å²) in [4.78, 5) is 17.0. The monoisotopic (exact) mass is 495 g/mol. The molecule has 2 heterocycles. The van der Waals surface area contributed by atoms with Crippen LogP contribution in [0.3, 0.4) is 0 Å². The molecule has 34 heavy (non-hydrogen) atoms. The van der Waals surface area contributed by atoms with Crippen molar-refractivity contribution in [1.82, 2.24) is 19.7 Å². The van der Waals surface area contributed by atoms with Gasteiger partial charge in [0.2, 0.25) is 5.91 Å². The van der Waals surface area contributed by atoms with E-state index in [2.05, 4.69) is 20.5 Å². The second kappa shape index (κ2) is 11.2. The standard InChI is InChI=1S/C24H25N5O3S2/c1-4-29-21(13-32-20-8-6-5-7-19(20)31-3)27-28-24(29)34-15-22(30)26-23-25-18(14-33-23)17-11-9-16(2)10-12-17/h5-12,14H,4,13,15H2,1-3H3,(H,25,26,30). The number of carbonyl (C=O) groups is 1. The quantitative estimate of drug-likeness (QED) is 0.308. The van der Waals surface area contributed by atoms with E-state index in [1.165, 1.54) is 28.7 Å². The van der Waals surface area contributed by atoms with Crippen molar-refractivity contribution < 1.29 is 14.3 Å². The van der Waals surface area contributed by atoms with Gasteiger partial charge in [0.1, 0.15) is 6.61 Å². The van der Waals surface area contributed by atoms with Gasteiger partial charge in [-0.2, -0.15) is 0 Å². The van der Waals surface area contributed by atoms with Crippen molar-refractivity contribution in [2.45, 2.75) is 32.2 Å². The van der Waals surface area contributed by atoms with Gasteiger partial charge in [0.25, 0.3) is 0 Å². The molecule has 0 saturated heterocycles. The number of aromatic nitrogens is 4. The van der Waals surface area contributed by atoms with E-state index >= 15 is 0 Å². The molecule has 0 atom stereocenters. The number of anilines is 1. The summed E-state index contributed by atoms with van der Waals surface area (Å²) >= 11 is 2.73. The van der Waals surface area contributed by atoms with Gasteiger partial charge in [-0.3, -0.25) is 4.79 Å². The molecule has 4 rings (SSSR count). The van der Waals surface area contributed by atoms with E-state index in [1.54, 1.807) is 7.11 Å². The molecule has 4 aromatic rings. The van der Waals surface area contributed by atoms with Crippen molar-refractivity contribution in [1.29, 1.82) is 0 Å². The lowest BCUT2D eigenvalue weighted by Gasteiger charge is -2.11. The van der Waals surface area contributed by atoms with Gasteiger partial charge in [-0.05, 0) is 26.0 Å². The maximum Gasteiger partial charge on any atom is 0.236 e. The average Bonchev–Trinajstić information content (AvgIpc) is 3.48. The predicted molar refractivity (Wildman–Crippen MR) is 135 cm³/mol. The second-order valence-electron chi connectivity index (χ2n) is 7.32. The van der Waals surface area contributed by atoms with E-state index in [1.807, 2.05) is 72.3 Å². The summed E-state index contributed by atoms with van der Waals surface area (Å²) in [5.41, 5.74) is 3.06. The number of nitrogens with zero attached hydrogens (tertiary/aromatic N) is 4. The largest absolute Gasteiger partial charge is 0.493 e. The fourth-order valence-corrected chi connectivity index (χ4v) is 4.76. The van der Waals surface area contributed by atoms with Gasteiger partial charge in [-0.1, -0.05) is 53.7 Å². The molecule has 0 saturated carbocycles. The molecule has 0 aliphatic rings. The lowest BCUT2D eigenvalue weighted by atomic mass is 10.1. The van der Waals surface area contributed by atoms with E-state index in [4.69, 9.17) is 9.47 Å². The van der Waals surface area contributed by atoms with Gasteiger partial charge >= 0.3 is 0 Å². The number of carbonyl (C=O) groups excluding carboxylic acids is 1. The minimum absolute atomic E-state index is 0.146. The first-order valence-corrected chi connectivity index (χ1v) is 12.6. The van der Waals surface area contributed by atoms with Crippen molar-refractivity contribution >= 4 is 34.1 Å². The molecular formula is C24H25N5O3S2. The van der Waals surface area contributed by atoms with E-state index in [0.717, 1.165) is 11.3 Å². The van der Waals surface area contributed by atoms with Crippen LogP contribution >= 0.6 is 23.1 Å². The fourth-order valence-electron chi connectivity index (χ4n) is 3.20. The number of hydrogen-bond donors (Lipinski definition) is 1. The zero-order valence-corrected chi connectivity index (χ0v) is 20.8. The molecule has 176 valence electrons. The van der Waals surface area contributed by atoms with Crippen LogP contribution in [0.15, 0.2) is 59.1 Å². The molecule has 0 unspecified atom stereocenters. The van der Waals surface area contributed by atoms with E-state index in [0.29, 0.717) is 34.2 Å². The molecule has 0 fully saturated rings. The number of para-hydroxylation sites is 2. The molecule has 0 aliphatic heterocycles. The summed E-state index contributed by atoms with van der Waals surface area (Å²) in [5.74, 6) is 2.03. The third-order valence-corrected chi connectivity index (χ3v) is 6.69. The number of thiazole rings is 1. The van der Waals surface area contributed by atoms with E-state index in [9.17, 15) is 4.79 Å². The van der Waals surface area contributed by atoms with Crippen molar-refractivity contribution in [3.05, 3.63) is 65.3 Å². The van der Waals surface area contributed by atoms with Gasteiger partial charge in [0.15, 0.2) is 27.6 Å². The highest BCUT2D eigenvalue weighted by atomic mass is 32.2. The zero-order valence-electron chi connectivity index (χ0n) is 19.1. The number of thioether (sulfide) groups is 1. The Kier molecular flexibility index (Phi) is 7.81. The van der Waals surface area contributed by atoms with Crippen LogP contribution in [0.4, 0.5) is 5.13 Å². The summed E-state index contributed by atoms with van der Waals surface area (Å²) < 4.78 is 13.1. The Morgan fingerprint density at radius 1 is 1.12 bits per heavy atom. The van der Waals surface area contributed by atoms with Crippen molar-refractivity contribution in [3.63, 3.8) is 0 Å². The minimum Gasteiger partial charge on any atom is -0.493 e. The fraction of sp³-hybridized carbons (Fsp3) is 0.250. The minimum atomic E-state index is -0.146. The Labute approximate surface area is 206 Å². The average molecular weight is 496 g/mol. The lowest BCUT2D eigenvalue weighted by Crippen LogP contribution is -2.14. The van der Waals surface area contributed by atoms with E-state index in [-0.39, 0.29) is 18.3 Å². The summed E-state index contributed by atoms with van der Waals surface area (Å²) in [6.07, 6.45) is 0. The highest BCUT2D eigenvalue weighted by Gasteiger charge is 2.15. The Morgan fingerprint density at radius 3 is 2.62 bits per heavy atom. The van der Waals surface area contributed by atoms with Gasteiger partial charge in [-0.25, -0.2) is 4.98 Å².